The predicted molar refractivity (Wildman–Crippen MR) is 53.4 cm³/mol. The van der Waals surface area contributed by atoms with Crippen molar-refractivity contribution in [2.75, 3.05) is 6.61 Å². The molecule has 0 amide bonds. The van der Waals surface area contributed by atoms with E-state index in [1.807, 2.05) is 13.8 Å². The van der Waals surface area contributed by atoms with Gasteiger partial charge in [-0.3, -0.25) is 0 Å². The van der Waals surface area contributed by atoms with E-state index in [4.69, 9.17) is 9.84 Å². The highest BCUT2D eigenvalue weighted by atomic mass is 16.6. The molecule has 1 atom stereocenters. The maximum Gasteiger partial charge on any atom is 0.0807 e. The maximum atomic E-state index is 8.67. The number of aliphatic hydroxyl groups excluding tert-OH is 1. The average Bonchev–Trinajstić information content (AvgIpc) is 2.86. The molecule has 0 aromatic heterocycles. The van der Waals surface area contributed by atoms with Gasteiger partial charge in [0, 0.05) is 0 Å². The Balaban J connectivity index is 0. The topological polar surface area (TPSA) is 32.8 Å². The van der Waals surface area contributed by atoms with Crippen LogP contribution in [0.4, 0.5) is 0 Å². The summed E-state index contributed by atoms with van der Waals surface area (Å²) in [5.74, 6) is 0. The molecule has 0 bridgehead atoms. The molecule has 12 heavy (non-hydrogen) atoms. The summed E-state index contributed by atoms with van der Waals surface area (Å²) in [7, 11) is 0. The van der Waals surface area contributed by atoms with Gasteiger partial charge in [-0.1, -0.05) is 28.2 Å². The minimum Gasteiger partial charge on any atom is -0.393 e. The lowest BCUT2D eigenvalue weighted by Crippen LogP contribution is -1.99. The molecule has 2 heteroatoms. The van der Waals surface area contributed by atoms with Gasteiger partial charge in [0.1, 0.15) is 0 Å². The third-order valence-electron chi connectivity index (χ3n) is 1.80. The second kappa shape index (κ2) is 9.01. The first-order valence-corrected chi connectivity index (χ1v) is 4.54. The van der Waals surface area contributed by atoms with Crippen LogP contribution in [0.25, 0.3) is 0 Å². The van der Waals surface area contributed by atoms with E-state index in [0.29, 0.717) is 6.10 Å². The third kappa shape index (κ3) is 9.92. The fourth-order valence-electron chi connectivity index (χ4n) is 0.592. The van der Waals surface area contributed by atoms with Crippen LogP contribution < -0.4 is 0 Å². The Labute approximate surface area is 76.9 Å². The Kier molecular flexibility index (Phi) is 10.8. The van der Waals surface area contributed by atoms with Crippen LogP contribution in [0.3, 0.4) is 0 Å². The molecule has 0 saturated carbocycles. The van der Waals surface area contributed by atoms with Gasteiger partial charge in [-0.25, -0.2) is 0 Å². The van der Waals surface area contributed by atoms with Crippen LogP contribution in [0.1, 0.15) is 47.5 Å². The lowest BCUT2D eigenvalue weighted by atomic mass is 10.2. The number of rotatable bonds is 3. The largest absolute Gasteiger partial charge is 0.393 e. The maximum absolute atomic E-state index is 8.67. The van der Waals surface area contributed by atoms with Crippen molar-refractivity contribution in [2.45, 2.75) is 59.7 Å². The van der Waals surface area contributed by atoms with E-state index in [2.05, 4.69) is 6.92 Å². The molecule has 0 aliphatic carbocycles. The highest BCUT2D eigenvalue weighted by Crippen LogP contribution is 2.10. The second-order valence-electron chi connectivity index (χ2n) is 2.83. The predicted octanol–water partition coefficient (Wildman–Crippen LogP) is 2.60. The fraction of sp³-hybridized carbons (Fsp3) is 1.00. The van der Waals surface area contributed by atoms with Crippen LogP contribution in [0, 0.1) is 0 Å². The summed E-state index contributed by atoms with van der Waals surface area (Å²) in [5.41, 5.74) is 0. The summed E-state index contributed by atoms with van der Waals surface area (Å²) in [5, 5.41) is 8.67. The smallest absolute Gasteiger partial charge is 0.0807 e. The molecule has 0 aromatic carbocycles. The molecule has 1 saturated heterocycles. The van der Waals surface area contributed by atoms with Crippen molar-refractivity contribution in [3.63, 3.8) is 0 Å². The van der Waals surface area contributed by atoms with E-state index in [0.717, 1.165) is 19.4 Å². The summed E-state index contributed by atoms with van der Waals surface area (Å²) in [6.45, 7) is 7.11. The minimum atomic E-state index is -0.0648. The van der Waals surface area contributed by atoms with Crippen LogP contribution in [0.15, 0.2) is 0 Å². The normalized spacial score (nSPS) is 19.2. The molecule has 1 N–H and O–H groups in total. The van der Waals surface area contributed by atoms with Crippen molar-refractivity contribution < 1.29 is 9.84 Å². The highest BCUT2D eigenvalue weighted by Gasteiger charge is 2.18. The van der Waals surface area contributed by atoms with Gasteiger partial charge in [0.25, 0.3) is 0 Å². The first-order chi connectivity index (χ1) is 5.24. The van der Waals surface area contributed by atoms with Crippen molar-refractivity contribution in [3.8, 4) is 0 Å². The Hall–Kier alpha value is -0.0800. The van der Waals surface area contributed by atoms with Crippen molar-refractivity contribution in [3.05, 3.63) is 0 Å². The van der Waals surface area contributed by atoms with E-state index in [9.17, 15) is 0 Å². The van der Waals surface area contributed by atoms with Crippen molar-refractivity contribution in [1.29, 1.82) is 0 Å². The molecule has 76 valence electrons. The molecular formula is C10H24O2. The molecule has 0 aromatic rings. The number of ether oxygens (including phenoxy) is 1. The summed E-state index contributed by atoms with van der Waals surface area (Å²) in [6, 6.07) is 0. The van der Waals surface area contributed by atoms with Crippen molar-refractivity contribution >= 4 is 0 Å². The summed E-state index contributed by atoms with van der Waals surface area (Å²) >= 11 is 0. The third-order valence-corrected chi connectivity index (χ3v) is 1.80. The molecule has 1 unspecified atom stereocenters. The zero-order chi connectivity index (χ0) is 8.69. The monoisotopic (exact) mass is 176 g/mol. The van der Waals surface area contributed by atoms with Gasteiger partial charge in [-0.15, -0.1) is 0 Å². The van der Waals surface area contributed by atoms with Gasteiger partial charge >= 0.3 is 0 Å². The fourth-order valence-corrected chi connectivity index (χ4v) is 0.592. The SMILES string of the molecule is C.CCC(O)CC.CCC1CO1. The minimum absolute atomic E-state index is 0. The summed E-state index contributed by atoms with van der Waals surface area (Å²) in [4.78, 5) is 0. The molecule has 1 heterocycles. The summed E-state index contributed by atoms with van der Waals surface area (Å²) in [6.07, 6.45) is 3.53. The zero-order valence-electron chi connectivity index (χ0n) is 7.84. The Morgan fingerprint density at radius 2 is 1.75 bits per heavy atom. The van der Waals surface area contributed by atoms with Crippen LogP contribution in [-0.2, 0) is 4.74 Å². The van der Waals surface area contributed by atoms with E-state index in [-0.39, 0.29) is 13.5 Å². The van der Waals surface area contributed by atoms with Gasteiger partial charge in [0.05, 0.1) is 18.8 Å². The molecule has 2 nitrogen and oxygen atoms in total. The zero-order valence-corrected chi connectivity index (χ0v) is 7.84. The second-order valence-corrected chi connectivity index (χ2v) is 2.83. The lowest BCUT2D eigenvalue weighted by Gasteiger charge is -1.98. The van der Waals surface area contributed by atoms with E-state index < -0.39 is 0 Å². The summed E-state index contributed by atoms with van der Waals surface area (Å²) < 4.78 is 4.86. The molecule has 0 radical (unpaired) electrons. The van der Waals surface area contributed by atoms with Gasteiger partial charge in [-0.05, 0) is 19.3 Å². The number of epoxide rings is 1. The van der Waals surface area contributed by atoms with Crippen LogP contribution >= 0.6 is 0 Å². The standard InChI is InChI=1S/C5H12O.C4H8O.CH4/c1-3-5(6)4-2;1-2-4-3-5-4;/h5-6H,3-4H2,1-2H3;4H,2-3H2,1H3;1H4. The van der Waals surface area contributed by atoms with E-state index in [1.54, 1.807) is 0 Å². The molecular weight excluding hydrogens is 152 g/mol. The van der Waals surface area contributed by atoms with Crippen molar-refractivity contribution in [2.24, 2.45) is 0 Å². The Morgan fingerprint density at radius 3 is 1.75 bits per heavy atom. The van der Waals surface area contributed by atoms with Gasteiger partial charge in [0.2, 0.25) is 0 Å². The first-order valence-electron chi connectivity index (χ1n) is 4.54. The number of hydrogen-bond acceptors (Lipinski definition) is 2. The van der Waals surface area contributed by atoms with E-state index in [1.165, 1.54) is 6.42 Å². The highest BCUT2D eigenvalue weighted by molar-refractivity contribution is 4.64. The van der Waals surface area contributed by atoms with Crippen molar-refractivity contribution in [1.82, 2.24) is 0 Å². The van der Waals surface area contributed by atoms with Crippen LogP contribution in [-0.4, -0.2) is 23.9 Å². The Morgan fingerprint density at radius 1 is 1.33 bits per heavy atom. The molecule has 1 fully saturated rings. The Bertz CT molecular complexity index is 75.9. The molecule has 1 rings (SSSR count). The molecule has 1 aliphatic rings. The van der Waals surface area contributed by atoms with Gasteiger partial charge in [0.15, 0.2) is 0 Å². The molecule has 0 spiro atoms. The number of aliphatic hydroxyl groups is 1. The quantitative estimate of drug-likeness (QED) is 0.670. The van der Waals surface area contributed by atoms with Gasteiger partial charge < -0.3 is 9.84 Å². The van der Waals surface area contributed by atoms with Crippen LogP contribution in [0.2, 0.25) is 0 Å². The van der Waals surface area contributed by atoms with E-state index >= 15 is 0 Å². The average molecular weight is 176 g/mol. The van der Waals surface area contributed by atoms with Gasteiger partial charge in [-0.2, -0.15) is 0 Å². The van der Waals surface area contributed by atoms with Crippen LogP contribution in [0.5, 0.6) is 0 Å². The first kappa shape index (κ1) is 14.4. The molecule has 1 aliphatic heterocycles. The number of hydrogen-bond donors (Lipinski definition) is 1. The lowest BCUT2D eigenvalue weighted by molar-refractivity contribution is 0.166.